The maximum Gasteiger partial charge on any atom is 0.137 e. The highest BCUT2D eigenvalue weighted by Gasteiger charge is 2.23. The van der Waals surface area contributed by atoms with Gasteiger partial charge < -0.3 is 5.32 Å². The maximum atomic E-state index is 4.66. The number of nitrogens with one attached hydrogen (secondary N) is 2. The molecule has 2 aromatic heterocycles. The molecule has 4 heteroatoms. The van der Waals surface area contributed by atoms with Crippen LogP contribution < -0.4 is 5.32 Å². The van der Waals surface area contributed by atoms with Gasteiger partial charge in [-0.1, -0.05) is 38.5 Å². The molecule has 0 amide bonds. The molecule has 0 aliphatic heterocycles. The topological polar surface area (TPSA) is 53.6 Å². The van der Waals surface area contributed by atoms with Crippen LogP contribution in [0.15, 0.2) is 12.3 Å². The highest BCUT2D eigenvalue weighted by Crippen LogP contribution is 2.37. The van der Waals surface area contributed by atoms with Crippen LogP contribution in [-0.4, -0.2) is 21.2 Å². The van der Waals surface area contributed by atoms with Crippen molar-refractivity contribution in [3.05, 3.63) is 18.0 Å². The van der Waals surface area contributed by atoms with Gasteiger partial charge in [0.2, 0.25) is 0 Å². The van der Waals surface area contributed by atoms with Crippen LogP contribution in [0, 0.1) is 0 Å². The number of H-pyrrole nitrogens is 1. The molecule has 4 nitrogen and oxygen atoms in total. The van der Waals surface area contributed by atoms with Crippen LogP contribution in [0.5, 0.6) is 0 Å². The van der Waals surface area contributed by atoms with E-state index in [-0.39, 0.29) is 0 Å². The zero-order valence-electron chi connectivity index (χ0n) is 13.3. The molecular weight excluding hydrogens is 272 g/mol. The Balaban J connectivity index is 1.66. The second-order valence-electron chi connectivity index (χ2n) is 7.01. The van der Waals surface area contributed by atoms with Crippen LogP contribution in [-0.2, 0) is 0 Å². The molecule has 0 unspecified atom stereocenters. The number of nitrogens with zero attached hydrogens (tertiary/aromatic N) is 2. The van der Waals surface area contributed by atoms with Gasteiger partial charge in [-0.2, -0.15) is 5.10 Å². The quantitative estimate of drug-likeness (QED) is 0.859. The number of hydrogen-bond donors (Lipinski definition) is 2. The third kappa shape index (κ3) is 2.71. The molecule has 2 fully saturated rings. The molecule has 4 rings (SSSR count). The van der Waals surface area contributed by atoms with E-state index in [9.17, 15) is 0 Å². The van der Waals surface area contributed by atoms with Crippen molar-refractivity contribution in [2.45, 2.75) is 76.2 Å². The molecule has 2 aromatic rings. The van der Waals surface area contributed by atoms with Crippen molar-refractivity contribution in [1.29, 1.82) is 0 Å². The van der Waals surface area contributed by atoms with Gasteiger partial charge in [0.1, 0.15) is 5.82 Å². The number of rotatable bonds is 3. The third-order valence-electron chi connectivity index (χ3n) is 5.45. The van der Waals surface area contributed by atoms with E-state index in [1.54, 1.807) is 0 Å². The second kappa shape index (κ2) is 6.27. The van der Waals surface area contributed by atoms with E-state index in [1.165, 1.54) is 75.3 Å². The lowest BCUT2D eigenvalue weighted by Crippen LogP contribution is -2.23. The van der Waals surface area contributed by atoms with E-state index in [1.807, 2.05) is 12.3 Å². The van der Waals surface area contributed by atoms with Crippen LogP contribution in [0.1, 0.15) is 75.8 Å². The van der Waals surface area contributed by atoms with E-state index < -0.39 is 0 Å². The Morgan fingerprint density at radius 1 is 0.955 bits per heavy atom. The molecule has 2 saturated carbocycles. The van der Waals surface area contributed by atoms with Gasteiger partial charge in [0.15, 0.2) is 0 Å². The first kappa shape index (κ1) is 14.0. The largest absolute Gasteiger partial charge is 0.367 e. The summed E-state index contributed by atoms with van der Waals surface area (Å²) >= 11 is 0. The summed E-state index contributed by atoms with van der Waals surface area (Å²) in [4.78, 5) is 4.66. The van der Waals surface area contributed by atoms with E-state index in [4.69, 9.17) is 0 Å². The van der Waals surface area contributed by atoms with Crippen LogP contribution in [0.4, 0.5) is 5.82 Å². The first-order chi connectivity index (χ1) is 10.9. The fourth-order valence-electron chi connectivity index (χ4n) is 4.22. The first-order valence-electron chi connectivity index (χ1n) is 9.01. The van der Waals surface area contributed by atoms with Gasteiger partial charge in [-0.25, -0.2) is 4.98 Å². The summed E-state index contributed by atoms with van der Waals surface area (Å²) < 4.78 is 0. The predicted octanol–water partition coefficient (Wildman–Crippen LogP) is 4.75. The molecule has 2 aliphatic carbocycles. The molecule has 0 radical (unpaired) electrons. The monoisotopic (exact) mass is 298 g/mol. The molecule has 2 heterocycles. The normalized spacial score (nSPS) is 21.3. The number of aromatic amines is 1. The minimum atomic E-state index is 0.584. The Kier molecular flexibility index (Phi) is 4.00. The molecule has 2 aliphatic rings. The summed E-state index contributed by atoms with van der Waals surface area (Å²) in [6, 6.07) is 2.62. The van der Waals surface area contributed by atoms with Gasteiger partial charge in [0, 0.05) is 23.9 Å². The Bertz CT molecular complexity index is 621. The summed E-state index contributed by atoms with van der Waals surface area (Å²) in [5.41, 5.74) is 2.38. The molecule has 22 heavy (non-hydrogen) atoms. The summed E-state index contributed by atoms with van der Waals surface area (Å²) in [5.74, 6) is 1.69. The standard InChI is InChI=1S/C18H26N4/c1-3-7-13(8-4-1)17-16-15(21-22-17)11-12-19-18(16)20-14-9-5-2-6-10-14/h11-14H,1-10H2,(H,19,20)(H,21,22). The number of aromatic nitrogens is 3. The Morgan fingerprint density at radius 2 is 1.68 bits per heavy atom. The number of hydrogen-bond acceptors (Lipinski definition) is 3. The minimum absolute atomic E-state index is 0.584. The smallest absolute Gasteiger partial charge is 0.137 e. The van der Waals surface area contributed by atoms with E-state index in [0.29, 0.717) is 12.0 Å². The van der Waals surface area contributed by atoms with Crippen LogP contribution in [0.25, 0.3) is 10.9 Å². The van der Waals surface area contributed by atoms with Gasteiger partial charge in [-0.15, -0.1) is 0 Å². The Hall–Kier alpha value is -1.58. The van der Waals surface area contributed by atoms with Gasteiger partial charge >= 0.3 is 0 Å². The van der Waals surface area contributed by atoms with Crippen molar-refractivity contribution in [3.63, 3.8) is 0 Å². The third-order valence-corrected chi connectivity index (χ3v) is 5.45. The maximum absolute atomic E-state index is 4.66. The highest BCUT2D eigenvalue weighted by atomic mass is 15.1. The van der Waals surface area contributed by atoms with Crippen molar-refractivity contribution in [1.82, 2.24) is 15.2 Å². The summed E-state index contributed by atoms with van der Waals surface area (Å²) in [6.45, 7) is 0. The zero-order chi connectivity index (χ0) is 14.8. The van der Waals surface area contributed by atoms with Gasteiger partial charge in [0.05, 0.1) is 10.9 Å². The molecule has 2 N–H and O–H groups in total. The average Bonchev–Trinajstić information content (AvgIpc) is 3.02. The lowest BCUT2D eigenvalue weighted by molar-refractivity contribution is 0.438. The van der Waals surface area contributed by atoms with Crippen LogP contribution in [0.3, 0.4) is 0 Å². The fourth-order valence-corrected chi connectivity index (χ4v) is 4.22. The Morgan fingerprint density at radius 3 is 2.45 bits per heavy atom. The van der Waals surface area contributed by atoms with E-state index in [0.717, 1.165) is 11.3 Å². The van der Waals surface area contributed by atoms with Gasteiger partial charge in [0.25, 0.3) is 0 Å². The van der Waals surface area contributed by atoms with Crippen molar-refractivity contribution < 1.29 is 0 Å². The van der Waals surface area contributed by atoms with Gasteiger partial charge in [-0.05, 0) is 31.7 Å². The molecule has 0 bridgehead atoms. The highest BCUT2D eigenvalue weighted by molar-refractivity contribution is 5.92. The van der Waals surface area contributed by atoms with Crippen molar-refractivity contribution in [3.8, 4) is 0 Å². The molecular formula is C18H26N4. The second-order valence-corrected chi connectivity index (χ2v) is 7.01. The minimum Gasteiger partial charge on any atom is -0.367 e. The SMILES string of the molecule is c1cc2n[nH]c(C3CCCCC3)c2c(NC2CCCCC2)n1. The van der Waals surface area contributed by atoms with Gasteiger partial charge in [-0.3, -0.25) is 5.10 Å². The zero-order valence-corrected chi connectivity index (χ0v) is 13.3. The lowest BCUT2D eigenvalue weighted by atomic mass is 9.86. The van der Waals surface area contributed by atoms with Crippen LogP contribution in [0.2, 0.25) is 0 Å². The molecule has 0 saturated heterocycles. The Labute approximate surface area is 132 Å². The van der Waals surface area contributed by atoms with E-state index in [2.05, 4.69) is 20.5 Å². The van der Waals surface area contributed by atoms with Crippen molar-refractivity contribution in [2.75, 3.05) is 5.32 Å². The number of anilines is 1. The summed E-state index contributed by atoms with van der Waals surface area (Å²) in [5, 5.41) is 12.8. The molecule has 0 spiro atoms. The van der Waals surface area contributed by atoms with E-state index >= 15 is 0 Å². The van der Waals surface area contributed by atoms with Crippen molar-refractivity contribution in [2.24, 2.45) is 0 Å². The lowest BCUT2D eigenvalue weighted by Gasteiger charge is -2.25. The molecule has 0 atom stereocenters. The molecule has 118 valence electrons. The fraction of sp³-hybridized carbons (Fsp3) is 0.667. The number of fused-ring (bicyclic) bond motifs is 1. The average molecular weight is 298 g/mol. The predicted molar refractivity (Wildman–Crippen MR) is 90.2 cm³/mol. The summed E-state index contributed by atoms with van der Waals surface area (Å²) in [7, 11) is 0. The number of pyridine rings is 1. The first-order valence-corrected chi connectivity index (χ1v) is 9.01. The van der Waals surface area contributed by atoms with Crippen molar-refractivity contribution >= 4 is 16.7 Å². The molecule has 0 aromatic carbocycles. The summed E-state index contributed by atoms with van der Waals surface area (Å²) in [6.07, 6.45) is 15.1. The van der Waals surface area contributed by atoms with Crippen LogP contribution >= 0.6 is 0 Å².